The Morgan fingerprint density at radius 3 is 1.32 bits per heavy atom. The van der Waals surface area contributed by atoms with Crippen LogP contribution >= 0.6 is 12.0 Å². The minimum absolute atomic E-state index is 0. The van der Waals surface area contributed by atoms with Gasteiger partial charge in [-0.3, -0.25) is 25.3 Å². The first-order valence-electron chi connectivity index (χ1n) is 19.3. The molecule has 0 fully saturated rings. The molecule has 0 amide bonds. The molecule has 2 heterocycles. The van der Waals surface area contributed by atoms with Gasteiger partial charge in [-0.05, 0) is 60.7 Å². The molecular formula is C40H18N8Na4O20S4. The quantitative estimate of drug-likeness (QED) is 0.0143. The second-order valence-corrected chi connectivity index (χ2v) is 19.5. The zero-order chi connectivity index (χ0) is 51.6. The van der Waals surface area contributed by atoms with Crippen LogP contribution in [0.4, 0.5) is 11.4 Å². The first-order valence-corrected chi connectivity index (χ1v) is 24.3. The molecule has 36 heteroatoms. The number of benzene rings is 7. The van der Waals surface area contributed by atoms with Crippen LogP contribution in [0.1, 0.15) is 20.7 Å². The smallest absolute Gasteiger partial charge is 0.744 e. The summed E-state index contributed by atoms with van der Waals surface area (Å²) in [6.45, 7) is 0. The van der Waals surface area contributed by atoms with Gasteiger partial charge in [0.1, 0.15) is 63.8 Å². The van der Waals surface area contributed by atoms with E-state index in [2.05, 4.69) is 29.8 Å². The second kappa shape index (κ2) is 24.3. The fraction of sp³-hybridized carbons (Fsp3) is 0. The maximum absolute atomic E-state index is 13.9. The van der Waals surface area contributed by atoms with E-state index in [9.17, 15) is 74.0 Å². The molecule has 7 aromatic carbocycles. The number of ether oxygens (including phenoxy) is 2. The number of hydrogen-bond donors (Lipinski definition) is 0. The molecule has 0 aliphatic rings. The monoisotopic (exact) mass is 1150 g/mol. The molecule has 0 aliphatic carbocycles. The van der Waals surface area contributed by atoms with Gasteiger partial charge in [-0.15, -0.1) is 30.0 Å². The summed E-state index contributed by atoms with van der Waals surface area (Å²) in [6.07, 6.45) is 0. The maximum atomic E-state index is 13.9. The van der Waals surface area contributed by atoms with Crippen LogP contribution in [0.5, 0.6) is 11.5 Å². The molecule has 9 rings (SSSR count). The van der Waals surface area contributed by atoms with E-state index in [0.717, 1.165) is 101 Å². The Bertz CT molecular complexity index is 4190. The van der Waals surface area contributed by atoms with Crippen LogP contribution in [-0.4, -0.2) is 90.7 Å². The number of aromatic nitrogens is 6. The van der Waals surface area contributed by atoms with E-state index in [4.69, 9.17) is 9.47 Å². The minimum Gasteiger partial charge on any atom is -0.744 e. The molecule has 0 bridgehead atoms. The number of hydrogen-bond acceptors (Lipinski definition) is 25. The molecule has 2 aromatic heterocycles. The van der Waals surface area contributed by atoms with Crippen molar-refractivity contribution in [3.8, 4) is 22.9 Å². The van der Waals surface area contributed by atoms with Crippen molar-refractivity contribution < 1.29 is 201 Å². The van der Waals surface area contributed by atoms with Crippen molar-refractivity contribution in [2.24, 2.45) is 0 Å². The Kier molecular flexibility index (Phi) is 19.9. The zero-order valence-electron chi connectivity index (χ0n) is 38.8. The van der Waals surface area contributed by atoms with Crippen molar-refractivity contribution in [2.75, 3.05) is 0 Å². The van der Waals surface area contributed by atoms with Gasteiger partial charge in [-0.1, -0.05) is 12.1 Å². The summed E-state index contributed by atoms with van der Waals surface area (Å²) >= 11 is 0.249. The van der Waals surface area contributed by atoms with Crippen molar-refractivity contribution in [3.63, 3.8) is 0 Å². The van der Waals surface area contributed by atoms with E-state index in [-0.39, 0.29) is 179 Å². The molecule has 0 saturated heterocycles. The molecule has 28 nitrogen and oxygen atoms in total. The number of esters is 2. The molecule has 0 radical (unpaired) electrons. The van der Waals surface area contributed by atoms with Gasteiger partial charge in [0, 0.05) is 62.8 Å². The Balaban J connectivity index is 0.00000267. The summed E-state index contributed by atoms with van der Waals surface area (Å²) in [5, 5.41) is 53.7. The van der Waals surface area contributed by atoms with Gasteiger partial charge in [0.25, 0.3) is 11.4 Å². The predicted molar refractivity (Wildman–Crippen MR) is 234 cm³/mol. The van der Waals surface area contributed by atoms with Crippen molar-refractivity contribution in [1.29, 1.82) is 0 Å². The summed E-state index contributed by atoms with van der Waals surface area (Å²) in [5.41, 5.74) is -2.89. The predicted octanol–water partition coefficient (Wildman–Crippen LogP) is -8.33. The van der Waals surface area contributed by atoms with Gasteiger partial charge in [0.05, 0.1) is 47.7 Å². The van der Waals surface area contributed by atoms with E-state index in [0.29, 0.717) is 6.07 Å². The summed E-state index contributed by atoms with van der Waals surface area (Å²) in [6, 6.07) is 18.0. The van der Waals surface area contributed by atoms with Crippen molar-refractivity contribution in [1.82, 2.24) is 30.0 Å². The van der Waals surface area contributed by atoms with Gasteiger partial charge < -0.3 is 28.4 Å². The number of nitro benzene ring substituents is 2. The number of non-ortho nitro benzene ring substituents is 2. The average Bonchev–Trinajstić information content (AvgIpc) is 3.98. The Morgan fingerprint density at radius 1 is 0.513 bits per heavy atom. The third-order valence-corrected chi connectivity index (χ3v) is 13.5. The Labute approximate surface area is 516 Å². The molecule has 9 aromatic rings. The van der Waals surface area contributed by atoms with Crippen LogP contribution in [0.2, 0.25) is 0 Å². The molecule has 76 heavy (non-hydrogen) atoms. The van der Waals surface area contributed by atoms with Crippen molar-refractivity contribution in [2.45, 2.75) is 19.6 Å². The summed E-state index contributed by atoms with van der Waals surface area (Å²) in [5.74, 6) is -3.52. The van der Waals surface area contributed by atoms with Gasteiger partial charge >= 0.3 is 130 Å². The maximum Gasteiger partial charge on any atom is 1.00 e. The second-order valence-electron chi connectivity index (χ2n) is 14.6. The first-order chi connectivity index (χ1) is 34.0. The minimum atomic E-state index is -5.46. The molecule has 0 aliphatic heterocycles. The Hall–Kier alpha value is -4.44. The zero-order valence-corrected chi connectivity index (χ0v) is 50.0. The van der Waals surface area contributed by atoms with Crippen molar-refractivity contribution >= 4 is 109 Å². The normalized spacial score (nSPS) is 11.5. The van der Waals surface area contributed by atoms with E-state index in [1.807, 2.05) is 0 Å². The van der Waals surface area contributed by atoms with E-state index in [1.165, 1.54) is 12.1 Å². The number of nitro groups is 2. The number of carbonyl (C=O) groups is 2. The van der Waals surface area contributed by atoms with Crippen LogP contribution in [0.3, 0.4) is 0 Å². The Morgan fingerprint density at radius 2 is 0.921 bits per heavy atom. The fourth-order valence-corrected chi connectivity index (χ4v) is 9.57. The van der Waals surface area contributed by atoms with E-state index in [1.54, 1.807) is 0 Å². The van der Waals surface area contributed by atoms with E-state index >= 15 is 0 Å². The topological polar surface area (TPSA) is 413 Å². The van der Waals surface area contributed by atoms with Crippen LogP contribution in [0.15, 0.2) is 129 Å². The number of rotatable bonds is 14. The molecule has 0 spiro atoms. The van der Waals surface area contributed by atoms with Crippen LogP contribution < -0.4 is 133 Å². The number of fused-ring (bicyclic) bond motifs is 6. The first kappa shape index (κ1) is 62.4. The largest absolute Gasteiger partial charge is 1.00 e. The van der Waals surface area contributed by atoms with E-state index < -0.39 is 112 Å². The van der Waals surface area contributed by atoms with Gasteiger partial charge in [0.2, 0.25) is 0 Å². The average molecular weight is 1150 g/mol. The molecular weight excluding hydrogens is 1130 g/mol. The third-order valence-electron chi connectivity index (χ3n) is 10.3. The van der Waals surface area contributed by atoms with Gasteiger partial charge in [0.15, 0.2) is 11.5 Å². The summed E-state index contributed by atoms with van der Waals surface area (Å²) in [4.78, 5) is 47.4. The molecule has 366 valence electrons. The molecule has 0 atom stereocenters. The standard InChI is InChI=1S/C40H22N8O20S4.4Na/c49-39(19-1-5-21(6-2-19)47(51)52)65-33-18-32(46-42-30-12-10-26-28(38(30)44-46)14-24(71(59,60)61)16-36(26)72(62,63)64)34(66-40(50)20-3-7-22(8-4-20)48(53)54)17-31(33)45-41-29-11-9-25-27(37(29)43-45)13-23(70(56,57)58)15-35(25)69-68-67-55;;;;/h1-18,55H,(H,56,57,58)(H,59,60,61)(H,62,63,64);;;;/q;4*+1/p-4. The van der Waals surface area contributed by atoms with Crippen molar-refractivity contribution in [3.05, 3.63) is 141 Å². The van der Waals surface area contributed by atoms with Crippen LogP contribution in [0.25, 0.3) is 55.0 Å². The van der Waals surface area contributed by atoms with Gasteiger partial charge in [-0.25, -0.2) is 34.8 Å². The summed E-state index contributed by atoms with van der Waals surface area (Å²) in [7, 11) is -16.1. The molecule has 0 unspecified atom stereocenters. The van der Waals surface area contributed by atoms with Gasteiger partial charge in [-0.2, -0.15) is 4.33 Å². The fourth-order valence-electron chi connectivity index (χ4n) is 7.11. The number of nitrogens with zero attached hydrogens (tertiary/aromatic N) is 8. The summed E-state index contributed by atoms with van der Waals surface area (Å²) < 4.78 is 126. The third kappa shape index (κ3) is 12.8. The van der Waals surface area contributed by atoms with Crippen LogP contribution in [0, 0.1) is 20.2 Å². The molecule has 0 saturated carbocycles. The number of carbonyl (C=O) groups excluding carboxylic acids is 2. The SMILES string of the molecule is O=C(Oc1cc(-n2nc3ccc4c(S(=O)(=O)[O-])cc(S(=O)(=O)[O-])cc4c3n2)c(OC(=O)c2ccc([N+](=O)[O-])cc2)cc1-n1nc2ccc3c(SOO[O-])cc(S(=O)(=O)[O-])cc3c2n1)c1ccc([N+](=O)[O-])cc1.[Na+].[Na+].[Na+].[Na+]. The molecule has 0 N–H and O–H groups in total. The van der Waals surface area contributed by atoms with Crippen LogP contribution in [-0.2, 0) is 39.7 Å².